The summed E-state index contributed by atoms with van der Waals surface area (Å²) in [5.41, 5.74) is 2.92. The van der Waals surface area contributed by atoms with E-state index < -0.39 is 0 Å². The molecule has 0 amide bonds. The maximum Gasteiger partial charge on any atom is 0.126 e. The molecular weight excluding hydrogens is 251 g/mol. The van der Waals surface area contributed by atoms with Crippen LogP contribution < -0.4 is 10.2 Å². The molecule has 0 aliphatic rings. The van der Waals surface area contributed by atoms with E-state index in [4.69, 9.17) is 0 Å². The van der Waals surface area contributed by atoms with Crippen molar-refractivity contribution in [1.29, 1.82) is 0 Å². The molecule has 2 unspecified atom stereocenters. The monoisotopic (exact) mass is 280 g/mol. The molecule has 0 aliphatic carbocycles. The summed E-state index contributed by atoms with van der Waals surface area (Å²) in [5, 5.41) is 3.22. The van der Waals surface area contributed by atoms with Crippen LogP contribution in [0.1, 0.15) is 51.3 Å². The van der Waals surface area contributed by atoms with E-state index in [-0.39, 0.29) is 11.9 Å². The van der Waals surface area contributed by atoms with Crippen LogP contribution in [-0.2, 0) is 0 Å². The van der Waals surface area contributed by atoms with Gasteiger partial charge in [-0.3, -0.25) is 0 Å². The number of benzene rings is 1. The van der Waals surface area contributed by atoms with Gasteiger partial charge < -0.3 is 10.2 Å². The lowest BCUT2D eigenvalue weighted by Crippen LogP contribution is -2.30. The molecule has 0 aliphatic heterocycles. The number of nitrogens with one attached hydrogen (secondary N) is 1. The topological polar surface area (TPSA) is 15.3 Å². The first kappa shape index (κ1) is 17.0. The predicted molar refractivity (Wildman–Crippen MR) is 86.0 cm³/mol. The van der Waals surface area contributed by atoms with E-state index in [9.17, 15) is 4.39 Å². The second-order valence-electron chi connectivity index (χ2n) is 5.72. The second kappa shape index (κ2) is 7.63. The van der Waals surface area contributed by atoms with Crippen LogP contribution in [0.25, 0.3) is 0 Å². The van der Waals surface area contributed by atoms with Gasteiger partial charge in [0.05, 0.1) is 0 Å². The Morgan fingerprint density at radius 1 is 1.25 bits per heavy atom. The molecule has 2 nitrogen and oxygen atoms in total. The highest BCUT2D eigenvalue weighted by Gasteiger charge is 2.17. The van der Waals surface area contributed by atoms with Crippen LogP contribution in [0.5, 0.6) is 0 Å². The minimum absolute atomic E-state index is 0.120. The van der Waals surface area contributed by atoms with Crippen molar-refractivity contribution in [2.24, 2.45) is 5.92 Å². The Morgan fingerprint density at radius 2 is 1.90 bits per heavy atom. The Balaban J connectivity index is 3.21. The zero-order valence-electron chi connectivity index (χ0n) is 13.8. The summed E-state index contributed by atoms with van der Waals surface area (Å²) in [6.07, 6.45) is 1.16. The molecule has 1 rings (SSSR count). The number of anilines is 1. The van der Waals surface area contributed by atoms with Crippen molar-refractivity contribution in [1.82, 2.24) is 5.32 Å². The number of hydrogen-bond acceptors (Lipinski definition) is 2. The zero-order valence-corrected chi connectivity index (χ0v) is 13.8. The van der Waals surface area contributed by atoms with E-state index in [1.54, 1.807) is 6.07 Å². The number of halogens is 1. The average molecular weight is 280 g/mol. The maximum absolute atomic E-state index is 13.9. The maximum atomic E-state index is 13.9. The van der Waals surface area contributed by atoms with E-state index in [0.29, 0.717) is 5.92 Å². The molecule has 0 bridgehead atoms. The Morgan fingerprint density at radius 3 is 2.40 bits per heavy atom. The van der Waals surface area contributed by atoms with Crippen molar-refractivity contribution in [3.63, 3.8) is 0 Å². The molecule has 0 heterocycles. The molecule has 2 atom stereocenters. The number of rotatable bonds is 7. The molecule has 0 radical (unpaired) electrons. The van der Waals surface area contributed by atoms with Gasteiger partial charge in [0, 0.05) is 24.8 Å². The van der Waals surface area contributed by atoms with Crippen molar-refractivity contribution < 1.29 is 4.39 Å². The number of nitrogens with zero attached hydrogens (tertiary/aromatic N) is 1. The normalized spacial score (nSPS) is 14.2. The number of hydrogen-bond donors (Lipinski definition) is 1. The number of aryl methyl sites for hydroxylation is 1. The Hall–Kier alpha value is -1.09. The lowest BCUT2D eigenvalue weighted by atomic mass is 10.0. The molecule has 114 valence electrons. The smallest absolute Gasteiger partial charge is 0.126 e. The molecule has 0 saturated heterocycles. The van der Waals surface area contributed by atoms with Gasteiger partial charge in [-0.15, -0.1) is 0 Å². The Labute approximate surface area is 123 Å². The largest absolute Gasteiger partial charge is 0.371 e. The van der Waals surface area contributed by atoms with E-state index in [1.165, 1.54) is 0 Å². The summed E-state index contributed by atoms with van der Waals surface area (Å²) in [4.78, 5) is 2.36. The third-order valence-electron chi connectivity index (χ3n) is 4.16. The highest BCUT2D eigenvalue weighted by molar-refractivity contribution is 5.57. The SMILES string of the molecule is CCC(C)CN(CC)c1cc(C)c(F)cc1C(C)NC. The van der Waals surface area contributed by atoms with Gasteiger partial charge in [-0.1, -0.05) is 20.3 Å². The van der Waals surface area contributed by atoms with Crippen LogP contribution in [0, 0.1) is 18.7 Å². The van der Waals surface area contributed by atoms with E-state index in [1.807, 2.05) is 20.0 Å². The van der Waals surface area contributed by atoms with Crippen molar-refractivity contribution in [2.45, 2.75) is 47.1 Å². The fraction of sp³-hybridized carbons (Fsp3) is 0.647. The summed E-state index contributed by atoms with van der Waals surface area (Å²) < 4.78 is 13.9. The summed E-state index contributed by atoms with van der Waals surface area (Å²) in [5.74, 6) is 0.517. The highest BCUT2D eigenvalue weighted by atomic mass is 19.1. The summed E-state index contributed by atoms with van der Waals surface area (Å²) in [6.45, 7) is 12.5. The molecule has 1 N–H and O–H groups in total. The Kier molecular flexibility index (Phi) is 6.47. The first-order valence-electron chi connectivity index (χ1n) is 7.66. The molecular formula is C17H29FN2. The van der Waals surface area contributed by atoms with Crippen molar-refractivity contribution >= 4 is 5.69 Å². The predicted octanol–water partition coefficient (Wildman–Crippen LogP) is 4.29. The molecule has 0 spiro atoms. The van der Waals surface area contributed by atoms with Gasteiger partial charge in [0.25, 0.3) is 0 Å². The van der Waals surface area contributed by atoms with Gasteiger partial charge in [0.15, 0.2) is 0 Å². The Bertz CT molecular complexity index is 431. The van der Waals surface area contributed by atoms with E-state index >= 15 is 0 Å². The van der Waals surface area contributed by atoms with Crippen LogP contribution in [0.3, 0.4) is 0 Å². The molecule has 20 heavy (non-hydrogen) atoms. The van der Waals surface area contributed by atoms with Crippen LogP contribution in [0.4, 0.5) is 10.1 Å². The van der Waals surface area contributed by atoms with Gasteiger partial charge in [-0.25, -0.2) is 4.39 Å². The summed E-state index contributed by atoms with van der Waals surface area (Å²) in [6, 6.07) is 3.82. The lowest BCUT2D eigenvalue weighted by molar-refractivity contribution is 0.543. The van der Waals surface area contributed by atoms with Gasteiger partial charge in [-0.05, 0) is 57.0 Å². The third kappa shape index (κ3) is 3.95. The standard InChI is InChI=1S/C17H29FN2/c1-7-12(3)11-20(8-2)17-9-13(4)16(18)10-15(17)14(5)19-6/h9-10,12,14,19H,7-8,11H2,1-6H3. The quantitative estimate of drug-likeness (QED) is 0.801. The van der Waals surface area contributed by atoms with Crippen molar-refractivity contribution in [3.8, 4) is 0 Å². The van der Waals surface area contributed by atoms with Crippen LogP contribution in [-0.4, -0.2) is 20.1 Å². The minimum Gasteiger partial charge on any atom is -0.371 e. The first-order chi connectivity index (χ1) is 9.44. The van der Waals surface area contributed by atoms with Crippen molar-refractivity contribution in [2.75, 3.05) is 25.0 Å². The average Bonchev–Trinajstić information content (AvgIpc) is 2.46. The first-order valence-corrected chi connectivity index (χ1v) is 7.66. The molecule has 0 aromatic heterocycles. The molecule has 1 aromatic rings. The van der Waals surface area contributed by atoms with Gasteiger partial charge >= 0.3 is 0 Å². The van der Waals surface area contributed by atoms with Crippen LogP contribution in [0.2, 0.25) is 0 Å². The van der Waals surface area contributed by atoms with Gasteiger partial charge in [0.2, 0.25) is 0 Å². The minimum atomic E-state index is -0.120. The molecule has 1 aromatic carbocycles. The lowest BCUT2D eigenvalue weighted by Gasteiger charge is -2.30. The van der Waals surface area contributed by atoms with E-state index in [0.717, 1.165) is 36.3 Å². The van der Waals surface area contributed by atoms with Gasteiger partial charge in [0.1, 0.15) is 5.82 Å². The van der Waals surface area contributed by atoms with Gasteiger partial charge in [-0.2, -0.15) is 0 Å². The van der Waals surface area contributed by atoms with Crippen molar-refractivity contribution in [3.05, 3.63) is 29.1 Å². The zero-order chi connectivity index (χ0) is 15.3. The fourth-order valence-corrected chi connectivity index (χ4v) is 2.36. The van der Waals surface area contributed by atoms with Crippen LogP contribution in [0.15, 0.2) is 12.1 Å². The van der Waals surface area contributed by atoms with E-state index in [2.05, 4.69) is 37.9 Å². The fourth-order valence-electron chi connectivity index (χ4n) is 2.36. The van der Waals surface area contributed by atoms with Crippen LogP contribution >= 0.6 is 0 Å². The molecule has 0 saturated carbocycles. The highest BCUT2D eigenvalue weighted by Crippen LogP contribution is 2.30. The summed E-state index contributed by atoms with van der Waals surface area (Å²) >= 11 is 0. The summed E-state index contributed by atoms with van der Waals surface area (Å²) in [7, 11) is 1.91. The second-order valence-corrected chi connectivity index (χ2v) is 5.72. The third-order valence-corrected chi connectivity index (χ3v) is 4.16. The molecule has 3 heteroatoms. The molecule has 0 fully saturated rings.